The van der Waals surface area contributed by atoms with Crippen molar-refractivity contribution in [3.8, 4) is 6.07 Å². The third-order valence-corrected chi connectivity index (χ3v) is 5.15. The number of nitrogens with zero attached hydrogens (tertiary/aromatic N) is 3. The van der Waals surface area contributed by atoms with E-state index in [0.717, 1.165) is 11.1 Å². The number of piperidine rings is 1. The summed E-state index contributed by atoms with van der Waals surface area (Å²) in [5.74, 6) is 0.513. The average Bonchev–Trinajstić information content (AvgIpc) is 3.10. The number of nitriles is 1. The van der Waals surface area contributed by atoms with E-state index in [1.807, 2.05) is 36.1 Å². The molecule has 0 saturated carbocycles. The lowest BCUT2D eigenvalue weighted by molar-refractivity contribution is -0.169. The fourth-order valence-electron chi connectivity index (χ4n) is 3.78. The van der Waals surface area contributed by atoms with Gasteiger partial charge in [-0.3, -0.25) is 4.79 Å². The van der Waals surface area contributed by atoms with Gasteiger partial charge in [-0.05, 0) is 12.5 Å². The lowest BCUT2D eigenvalue weighted by atomic mass is 10.0. The number of aromatic nitrogens is 2. The van der Waals surface area contributed by atoms with Crippen molar-refractivity contribution in [1.29, 1.82) is 5.26 Å². The average molecular weight is 366 g/mol. The summed E-state index contributed by atoms with van der Waals surface area (Å²) in [4.78, 5) is 21.8. The summed E-state index contributed by atoms with van der Waals surface area (Å²) in [6, 6.07) is 10.1. The van der Waals surface area contributed by atoms with Crippen LogP contribution in [0, 0.1) is 18.3 Å². The summed E-state index contributed by atoms with van der Waals surface area (Å²) in [7, 11) is 0. The molecule has 2 aliphatic heterocycles. The quantitative estimate of drug-likeness (QED) is 0.892. The Balaban J connectivity index is 1.61. The Morgan fingerprint density at radius 2 is 2.04 bits per heavy atom. The van der Waals surface area contributed by atoms with E-state index in [1.165, 1.54) is 0 Å². The molecule has 3 heterocycles. The van der Waals surface area contributed by atoms with Crippen molar-refractivity contribution in [3.63, 3.8) is 0 Å². The Morgan fingerprint density at radius 1 is 1.30 bits per heavy atom. The van der Waals surface area contributed by atoms with E-state index >= 15 is 0 Å². The summed E-state index contributed by atoms with van der Waals surface area (Å²) in [6.45, 7) is 4.53. The van der Waals surface area contributed by atoms with Crippen LogP contribution < -0.4 is 10.5 Å². The highest BCUT2D eigenvalue weighted by molar-refractivity contribution is 5.53. The largest absolute Gasteiger partial charge is 0.355 e. The van der Waals surface area contributed by atoms with Crippen LogP contribution in [0.1, 0.15) is 35.4 Å². The standard InChI is InChI=1S/C20H22N4O3/c1-14-3-2-4-15(11-14)12-17-22-18(16(13-21)19(25)23-17)24-7-5-20(6-8-24)26-9-10-27-20/h2-4,11H,5-10,12H2,1H3,(H,22,23,25). The molecule has 2 fully saturated rings. The number of aryl methyl sites for hydroxylation is 1. The Kier molecular flexibility index (Phi) is 4.68. The summed E-state index contributed by atoms with van der Waals surface area (Å²) in [6.07, 6.45) is 1.90. The molecule has 140 valence electrons. The zero-order chi connectivity index (χ0) is 18.9. The first-order valence-corrected chi connectivity index (χ1v) is 9.20. The number of nitrogens with one attached hydrogen (secondary N) is 1. The summed E-state index contributed by atoms with van der Waals surface area (Å²) in [5.41, 5.74) is 1.90. The Bertz CT molecular complexity index is 931. The van der Waals surface area contributed by atoms with E-state index in [4.69, 9.17) is 9.47 Å². The molecule has 2 saturated heterocycles. The summed E-state index contributed by atoms with van der Waals surface area (Å²) >= 11 is 0. The van der Waals surface area contributed by atoms with E-state index in [1.54, 1.807) is 0 Å². The maximum atomic E-state index is 12.4. The number of anilines is 1. The fourth-order valence-corrected chi connectivity index (χ4v) is 3.78. The van der Waals surface area contributed by atoms with Crippen molar-refractivity contribution >= 4 is 5.82 Å². The van der Waals surface area contributed by atoms with Gasteiger partial charge in [0, 0.05) is 32.4 Å². The van der Waals surface area contributed by atoms with Crippen molar-refractivity contribution in [3.05, 3.63) is 57.1 Å². The van der Waals surface area contributed by atoms with E-state index in [9.17, 15) is 10.1 Å². The molecule has 7 nitrogen and oxygen atoms in total. The SMILES string of the molecule is Cc1cccc(Cc2nc(N3CCC4(CC3)OCCO4)c(C#N)c(=O)[nH]2)c1. The topological polar surface area (TPSA) is 91.2 Å². The van der Waals surface area contributed by atoms with Crippen molar-refractivity contribution in [2.45, 2.75) is 32.0 Å². The molecular formula is C20H22N4O3. The van der Waals surface area contributed by atoms with Crippen molar-refractivity contribution < 1.29 is 9.47 Å². The van der Waals surface area contributed by atoms with Crippen molar-refractivity contribution in [2.75, 3.05) is 31.2 Å². The predicted octanol–water partition coefficient (Wildman–Crippen LogP) is 1.88. The van der Waals surface area contributed by atoms with Crippen LogP contribution in [0.5, 0.6) is 0 Å². The van der Waals surface area contributed by atoms with Crippen molar-refractivity contribution in [1.82, 2.24) is 9.97 Å². The van der Waals surface area contributed by atoms with Gasteiger partial charge >= 0.3 is 0 Å². The summed E-state index contributed by atoms with van der Waals surface area (Å²) < 4.78 is 11.5. The van der Waals surface area contributed by atoms with E-state index in [2.05, 4.69) is 16.0 Å². The van der Waals surface area contributed by atoms with Gasteiger partial charge in [-0.25, -0.2) is 4.98 Å². The Morgan fingerprint density at radius 3 is 2.70 bits per heavy atom. The molecular weight excluding hydrogens is 344 g/mol. The molecule has 1 spiro atoms. The normalized spacial score (nSPS) is 18.6. The number of ether oxygens (including phenoxy) is 2. The van der Waals surface area contributed by atoms with Gasteiger partial charge in [0.05, 0.1) is 13.2 Å². The van der Waals surface area contributed by atoms with Crippen LogP contribution in [0.2, 0.25) is 0 Å². The van der Waals surface area contributed by atoms with E-state index < -0.39 is 5.79 Å². The maximum absolute atomic E-state index is 12.4. The molecule has 2 aliphatic rings. The minimum atomic E-state index is -0.505. The van der Waals surface area contributed by atoms with Gasteiger partial charge in [0.2, 0.25) is 0 Å². The van der Waals surface area contributed by atoms with Crippen LogP contribution in [0.25, 0.3) is 0 Å². The first-order chi connectivity index (χ1) is 13.1. The lowest BCUT2D eigenvalue weighted by Crippen LogP contribution is -2.46. The second kappa shape index (κ2) is 7.14. The van der Waals surface area contributed by atoms with E-state index in [0.29, 0.717) is 57.2 Å². The number of aromatic amines is 1. The number of H-pyrrole nitrogens is 1. The molecule has 1 aromatic heterocycles. The van der Waals surface area contributed by atoms with E-state index in [-0.39, 0.29) is 11.1 Å². The fraction of sp³-hybridized carbons (Fsp3) is 0.450. The molecule has 0 radical (unpaired) electrons. The molecule has 0 unspecified atom stereocenters. The molecule has 7 heteroatoms. The lowest BCUT2D eigenvalue weighted by Gasteiger charge is -2.38. The zero-order valence-electron chi connectivity index (χ0n) is 15.3. The maximum Gasteiger partial charge on any atom is 0.271 e. The number of hydrogen-bond donors (Lipinski definition) is 1. The zero-order valence-corrected chi connectivity index (χ0v) is 15.3. The van der Waals surface area contributed by atoms with Gasteiger partial charge in [-0.2, -0.15) is 5.26 Å². The van der Waals surface area contributed by atoms with Crippen molar-refractivity contribution in [2.24, 2.45) is 0 Å². The second-order valence-electron chi connectivity index (χ2n) is 7.08. The molecule has 27 heavy (non-hydrogen) atoms. The smallest absolute Gasteiger partial charge is 0.271 e. The van der Waals surface area contributed by atoms with Gasteiger partial charge in [0.1, 0.15) is 11.9 Å². The third-order valence-electron chi connectivity index (χ3n) is 5.15. The van der Waals surface area contributed by atoms with Gasteiger partial charge < -0.3 is 19.4 Å². The minimum absolute atomic E-state index is 0.0622. The van der Waals surface area contributed by atoms with Gasteiger partial charge in [-0.15, -0.1) is 0 Å². The van der Waals surface area contributed by atoms with Crippen LogP contribution in [-0.4, -0.2) is 42.1 Å². The van der Waals surface area contributed by atoms with Crippen LogP contribution in [0.15, 0.2) is 29.1 Å². The number of hydrogen-bond acceptors (Lipinski definition) is 6. The molecule has 2 aromatic rings. The highest BCUT2D eigenvalue weighted by Crippen LogP contribution is 2.33. The Labute approximate surface area is 157 Å². The first kappa shape index (κ1) is 17.7. The van der Waals surface area contributed by atoms with Crippen LogP contribution in [-0.2, 0) is 15.9 Å². The van der Waals surface area contributed by atoms with Crippen LogP contribution in [0.3, 0.4) is 0 Å². The van der Waals surface area contributed by atoms with Gasteiger partial charge in [0.15, 0.2) is 17.2 Å². The van der Waals surface area contributed by atoms with Gasteiger partial charge in [0.25, 0.3) is 5.56 Å². The van der Waals surface area contributed by atoms with Crippen LogP contribution in [0.4, 0.5) is 5.82 Å². The molecule has 1 N–H and O–H groups in total. The monoisotopic (exact) mass is 366 g/mol. The molecule has 0 amide bonds. The minimum Gasteiger partial charge on any atom is -0.355 e. The Hall–Kier alpha value is -2.69. The molecule has 0 aliphatic carbocycles. The number of benzene rings is 1. The van der Waals surface area contributed by atoms with Crippen LogP contribution >= 0.6 is 0 Å². The summed E-state index contributed by atoms with van der Waals surface area (Å²) in [5, 5.41) is 9.47. The molecule has 1 aromatic carbocycles. The third kappa shape index (κ3) is 3.59. The second-order valence-corrected chi connectivity index (χ2v) is 7.08. The highest BCUT2D eigenvalue weighted by Gasteiger charge is 2.40. The van der Waals surface area contributed by atoms with Gasteiger partial charge in [-0.1, -0.05) is 29.8 Å². The number of rotatable bonds is 3. The molecule has 0 bridgehead atoms. The predicted molar refractivity (Wildman–Crippen MR) is 99.6 cm³/mol. The molecule has 4 rings (SSSR count). The highest BCUT2D eigenvalue weighted by atomic mass is 16.7. The first-order valence-electron chi connectivity index (χ1n) is 9.20. The molecule has 0 atom stereocenters.